The monoisotopic (exact) mass is 255 g/mol. The maximum atomic E-state index is 10.7. The molecule has 4 nitrogen and oxygen atoms in total. The van der Waals surface area contributed by atoms with Gasteiger partial charge in [-0.3, -0.25) is 0 Å². The van der Waals surface area contributed by atoms with E-state index < -0.39 is 5.97 Å². The molecule has 1 aliphatic heterocycles. The molecule has 5 heteroatoms. The number of aryl methyl sites for hydroxylation is 1. The van der Waals surface area contributed by atoms with Gasteiger partial charge >= 0.3 is 18.9 Å². The van der Waals surface area contributed by atoms with Crippen molar-refractivity contribution in [3.05, 3.63) is 29.3 Å². The molecule has 0 aliphatic carbocycles. The average molecular weight is 255 g/mol. The van der Waals surface area contributed by atoms with E-state index in [1.54, 1.807) is 12.1 Å². The van der Waals surface area contributed by atoms with E-state index in [1.165, 1.54) is 6.07 Å². The smallest absolute Gasteiger partial charge is 0.545 e. The first-order valence-corrected chi connectivity index (χ1v) is 6.19. The van der Waals surface area contributed by atoms with Gasteiger partial charge in [-0.1, -0.05) is 0 Å². The summed E-state index contributed by atoms with van der Waals surface area (Å²) in [5.74, 6) is 0.173. The Bertz CT molecular complexity index is 450. The van der Waals surface area contributed by atoms with Gasteiger partial charge in [0, 0.05) is 12.5 Å². The first-order valence-electron chi connectivity index (χ1n) is 6.19. The molecule has 0 amide bonds. The molecule has 1 fully saturated rings. The molecule has 1 heterocycles. The molecule has 1 atom stereocenters. The van der Waals surface area contributed by atoms with Crippen molar-refractivity contribution in [2.45, 2.75) is 13.3 Å². The van der Waals surface area contributed by atoms with Crippen molar-refractivity contribution in [2.75, 3.05) is 26.7 Å². The largest absolute Gasteiger partial charge is 1.00 e. The molecule has 19 heavy (non-hydrogen) atoms. The fraction of sp³-hybridized carbons (Fsp3) is 0.500. The van der Waals surface area contributed by atoms with Gasteiger partial charge in [-0.2, -0.15) is 0 Å². The summed E-state index contributed by atoms with van der Waals surface area (Å²) in [6.07, 6.45) is 1.16. The van der Waals surface area contributed by atoms with Gasteiger partial charge in [0.1, 0.15) is 5.75 Å². The Labute approximate surface area is 125 Å². The summed E-state index contributed by atoms with van der Waals surface area (Å²) < 4.78 is 5.76. The van der Waals surface area contributed by atoms with Gasteiger partial charge in [-0.25, -0.2) is 0 Å². The molecule has 1 aromatic rings. The van der Waals surface area contributed by atoms with Crippen LogP contribution in [0.5, 0.6) is 5.75 Å². The number of carboxylic acid groups (broad SMARTS) is 1. The minimum absolute atomic E-state index is 0. The van der Waals surface area contributed by atoms with Crippen LogP contribution in [0.15, 0.2) is 18.2 Å². The first kappa shape index (κ1) is 16.1. The maximum Gasteiger partial charge on any atom is 1.00 e. The SMILES string of the molecule is Cc1cc(C(=O)[O-])ccc1OCC1CCN(C)C1.[Li+]. The van der Waals surface area contributed by atoms with Gasteiger partial charge in [-0.15, -0.1) is 0 Å². The third-order valence-corrected chi connectivity index (χ3v) is 3.37. The number of carbonyl (C=O) groups excluding carboxylic acids is 1. The third kappa shape index (κ3) is 4.28. The van der Waals surface area contributed by atoms with Gasteiger partial charge in [0.25, 0.3) is 0 Å². The number of rotatable bonds is 4. The number of ether oxygens (including phenoxy) is 1. The van der Waals surface area contributed by atoms with E-state index in [1.807, 2.05) is 6.92 Å². The van der Waals surface area contributed by atoms with Gasteiger partial charge in [0.05, 0.1) is 12.6 Å². The summed E-state index contributed by atoms with van der Waals surface area (Å²) >= 11 is 0. The minimum atomic E-state index is -1.15. The van der Waals surface area contributed by atoms with Crippen molar-refractivity contribution in [1.82, 2.24) is 4.90 Å². The number of benzene rings is 1. The van der Waals surface area contributed by atoms with Crippen molar-refractivity contribution in [3.8, 4) is 5.75 Å². The second-order valence-electron chi connectivity index (χ2n) is 5.00. The Balaban J connectivity index is 0.00000180. The topological polar surface area (TPSA) is 52.6 Å². The van der Waals surface area contributed by atoms with Gasteiger partial charge in [0.15, 0.2) is 0 Å². The van der Waals surface area contributed by atoms with Crippen LogP contribution in [-0.2, 0) is 0 Å². The van der Waals surface area contributed by atoms with E-state index in [0.29, 0.717) is 12.5 Å². The number of nitrogens with zero attached hydrogens (tertiary/aromatic N) is 1. The first-order chi connectivity index (χ1) is 8.56. The zero-order valence-electron chi connectivity index (χ0n) is 11.8. The molecule has 1 aliphatic rings. The minimum Gasteiger partial charge on any atom is -0.545 e. The number of aromatic carboxylic acids is 1. The zero-order chi connectivity index (χ0) is 13.1. The summed E-state index contributed by atoms with van der Waals surface area (Å²) in [4.78, 5) is 13.0. The van der Waals surface area contributed by atoms with Crippen LogP contribution >= 0.6 is 0 Å². The summed E-state index contributed by atoms with van der Waals surface area (Å²) in [6.45, 7) is 4.73. The van der Waals surface area contributed by atoms with Crippen LogP contribution in [0.25, 0.3) is 0 Å². The quantitative estimate of drug-likeness (QED) is 0.568. The van der Waals surface area contributed by atoms with Crippen LogP contribution < -0.4 is 28.7 Å². The van der Waals surface area contributed by atoms with Crippen LogP contribution in [0.3, 0.4) is 0 Å². The number of carboxylic acids is 1. The Morgan fingerprint density at radius 3 is 2.79 bits per heavy atom. The normalized spacial score (nSPS) is 18.9. The van der Waals surface area contributed by atoms with Crippen molar-refractivity contribution in [2.24, 2.45) is 5.92 Å². The third-order valence-electron chi connectivity index (χ3n) is 3.37. The molecule has 98 valence electrons. The van der Waals surface area contributed by atoms with Gasteiger partial charge in [0.2, 0.25) is 0 Å². The van der Waals surface area contributed by atoms with E-state index >= 15 is 0 Å². The van der Waals surface area contributed by atoms with E-state index in [4.69, 9.17) is 4.74 Å². The molecule has 0 spiro atoms. The van der Waals surface area contributed by atoms with Crippen LogP contribution in [-0.4, -0.2) is 37.6 Å². The second kappa shape index (κ2) is 7.00. The fourth-order valence-electron chi connectivity index (χ4n) is 2.31. The summed E-state index contributed by atoms with van der Waals surface area (Å²) in [5.41, 5.74) is 1.03. The van der Waals surface area contributed by atoms with Crippen LogP contribution in [0.2, 0.25) is 0 Å². The maximum absolute atomic E-state index is 10.7. The second-order valence-corrected chi connectivity index (χ2v) is 5.00. The van der Waals surface area contributed by atoms with Crippen molar-refractivity contribution < 1.29 is 33.5 Å². The van der Waals surface area contributed by atoms with Crippen LogP contribution in [0.4, 0.5) is 0 Å². The predicted octanol–water partition coefficient (Wildman–Crippen LogP) is -2.31. The molecule has 1 aromatic carbocycles. The molecule has 0 radical (unpaired) electrons. The molecule has 0 N–H and O–H groups in total. The summed E-state index contributed by atoms with van der Waals surface area (Å²) in [5, 5.41) is 10.7. The molecule has 0 saturated carbocycles. The molecular weight excluding hydrogens is 237 g/mol. The van der Waals surface area contributed by atoms with Gasteiger partial charge < -0.3 is 19.5 Å². The van der Waals surface area contributed by atoms with E-state index in [-0.39, 0.29) is 24.4 Å². The fourth-order valence-corrected chi connectivity index (χ4v) is 2.31. The van der Waals surface area contributed by atoms with E-state index in [0.717, 1.165) is 30.8 Å². The summed E-state index contributed by atoms with van der Waals surface area (Å²) in [6, 6.07) is 4.82. The Morgan fingerprint density at radius 2 is 2.26 bits per heavy atom. The van der Waals surface area contributed by atoms with Crippen molar-refractivity contribution >= 4 is 5.97 Å². The Kier molecular flexibility index (Phi) is 5.93. The summed E-state index contributed by atoms with van der Waals surface area (Å²) in [7, 11) is 2.11. The molecule has 2 rings (SSSR count). The molecular formula is C14H18LiNO3. The Morgan fingerprint density at radius 1 is 1.53 bits per heavy atom. The van der Waals surface area contributed by atoms with Crippen molar-refractivity contribution in [1.29, 1.82) is 0 Å². The predicted molar refractivity (Wildman–Crippen MR) is 66.6 cm³/mol. The van der Waals surface area contributed by atoms with E-state index in [9.17, 15) is 9.90 Å². The standard InChI is InChI=1S/C14H19NO3.Li/c1-10-7-12(14(16)17)3-4-13(10)18-9-11-5-6-15(2)8-11;/h3-4,7,11H,5-6,8-9H2,1-2H3,(H,16,17);/q;+1/p-1. The average Bonchev–Trinajstić information content (AvgIpc) is 2.73. The number of hydrogen-bond acceptors (Lipinski definition) is 4. The Hall–Kier alpha value is -0.953. The van der Waals surface area contributed by atoms with Gasteiger partial charge in [-0.05, 0) is 56.3 Å². The number of carbonyl (C=O) groups is 1. The number of likely N-dealkylation sites (tertiary alicyclic amines) is 1. The molecule has 1 unspecified atom stereocenters. The molecule has 0 aromatic heterocycles. The van der Waals surface area contributed by atoms with Crippen molar-refractivity contribution in [3.63, 3.8) is 0 Å². The van der Waals surface area contributed by atoms with E-state index in [2.05, 4.69) is 11.9 Å². The zero-order valence-corrected chi connectivity index (χ0v) is 11.8. The number of hydrogen-bond donors (Lipinski definition) is 0. The molecule has 0 bridgehead atoms. The van der Waals surface area contributed by atoms with Crippen LogP contribution in [0, 0.1) is 12.8 Å². The molecule has 1 saturated heterocycles. The van der Waals surface area contributed by atoms with Crippen LogP contribution in [0.1, 0.15) is 22.3 Å².